The summed E-state index contributed by atoms with van der Waals surface area (Å²) in [6, 6.07) is 2.65. The number of benzene rings is 1. The standard InChI is InChI=1S/C13H18FNO2S/c1-4-8(3)18-12-6-9(13(16)17-5-2)11(15)7-10(12)14/h6-8H,4-5,15H2,1-3H3. The number of rotatable bonds is 5. The maximum atomic E-state index is 13.7. The molecule has 0 amide bonds. The molecule has 1 atom stereocenters. The molecule has 1 aromatic carbocycles. The quantitative estimate of drug-likeness (QED) is 0.506. The van der Waals surface area contributed by atoms with Crippen LogP contribution in [0.3, 0.4) is 0 Å². The zero-order chi connectivity index (χ0) is 13.7. The normalized spacial score (nSPS) is 12.2. The number of thioether (sulfide) groups is 1. The third-order valence-electron chi connectivity index (χ3n) is 2.50. The predicted octanol–water partition coefficient (Wildman–Crippen LogP) is 3.48. The van der Waals surface area contributed by atoms with Gasteiger partial charge in [-0.1, -0.05) is 13.8 Å². The largest absolute Gasteiger partial charge is 0.462 e. The molecule has 5 heteroatoms. The van der Waals surface area contributed by atoms with Crippen LogP contribution in [0.15, 0.2) is 17.0 Å². The smallest absolute Gasteiger partial charge is 0.340 e. The van der Waals surface area contributed by atoms with Crippen LogP contribution < -0.4 is 5.73 Å². The van der Waals surface area contributed by atoms with Gasteiger partial charge in [0.25, 0.3) is 0 Å². The van der Waals surface area contributed by atoms with Crippen molar-refractivity contribution < 1.29 is 13.9 Å². The van der Waals surface area contributed by atoms with Crippen molar-refractivity contribution in [2.75, 3.05) is 12.3 Å². The molecule has 2 N–H and O–H groups in total. The molecular formula is C13H18FNO2S. The van der Waals surface area contributed by atoms with E-state index >= 15 is 0 Å². The summed E-state index contributed by atoms with van der Waals surface area (Å²) in [4.78, 5) is 12.1. The van der Waals surface area contributed by atoms with E-state index in [2.05, 4.69) is 0 Å². The molecule has 100 valence electrons. The number of nitrogens with two attached hydrogens (primary N) is 1. The van der Waals surface area contributed by atoms with Crippen LogP contribution in [0.5, 0.6) is 0 Å². The lowest BCUT2D eigenvalue weighted by molar-refractivity contribution is 0.0527. The fourth-order valence-corrected chi connectivity index (χ4v) is 2.30. The van der Waals surface area contributed by atoms with Gasteiger partial charge in [0.15, 0.2) is 0 Å². The van der Waals surface area contributed by atoms with Crippen molar-refractivity contribution in [3.63, 3.8) is 0 Å². The Kier molecular flexibility index (Phi) is 5.47. The topological polar surface area (TPSA) is 52.3 Å². The molecule has 0 spiro atoms. The van der Waals surface area contributed by atoms with Crippen LogP contribution in [0.1, 0.15) is 37.6 Å². The highest BCUT2D eigenvalue weighted by Crippen LogP contribution is 2.31. The minimum absolute atomic E-state index is 0.111. The van der Waals surface area contributed by atoms with Crippen molar-refractivity contribution in [1.29, 1.82) is 0 Å². The highest BCUT2D eigenvalue weighted by atomic mass is 32.2. The van der Waals surface area contributed by atoms with Crippen LogP contribution in [0.25, 0.3) is 0 Å². The number of esters is 1. The summed E-state index contributed by atoms with van der Waals surface area (Å²) in [6.45, 7) is 6.01. The van der Waals surface area contributed by atoms with E-state index in [9.17, 15) is 9.18 Å². The third-order valence-corrected chi connectivity index (χ3v) is 3.80. The molecular weight excluding hydrogens is 253 g/mol. The highest BCUT2D eigenvalue weighted by molar-refractivity contribution is 8.00. The molecule has 0 radical (unpaired) electrons. The molecule has 1 rings (SSSR count). The van der Waals surface area contributed by atoms with Gasteiger partial charge >= 0.3 is 5.97 Å². The van der Waals surface area contributed by atoms with Crippen LogP contribution in [0.2, 0.25) is 0 Å². The van der Waals surface area contributed by atoms with Gasteiger partial charge in [0, 0.05) is 15.8 Å². The van der Waals surface area contributed by atoms with Crippen LogP contribution in [0.4, 0.5) is 10.1 Å². The van der Waals surface area contributed by atoms with Gasteiger partial charge in [0.1, 0.15) is 5.82 Å². The van der Waals surface area contributed by atoms with E-state index in [1.54, 1.807) is 6.92 Å². The summed E-state index contributed by atoms with van der Waals surface area (Å²) in [5, 5.41) is 0.276. The van der Waals surface area contributed by atoms with Crippen molar-refractivity contribution in [2.45, 2.75) is 37.3 Å². The van der Waals surface area contributed by atoms with Crippen LogP contribution in [0, 0.1) is 5.82 Å². The average molecular weight is 271 g/mol. The van der Waals surface area contributed by atoms with Crippen LogP contribution in [-0.4, -0.2) is 17.8 Å². The summed E-state index contributed by atoms with van der Waals surface area (Å²) in [7, 11) is 0. The zero-order valence-corrected chi connectivity index (χ0v) is 11.6. The number of nitrogen functional groups attached to an aromatic ring is 1. The second-order valence-electron chi connectivity index (χ2n) is 3.93. The van der Waals surface area contributed by atoms with Crippen molar-refractivity contribution in [2.24, 2.45) is 0 Å². The zero-order valence-electron chi connectivity index (χ0n) is 10.8. The first-order valence-corrected chi connectivity index (χ1v) is 6.80. The van der Waals surface area contributed by atoms with E-state index in [0.29, 0.717) is 4.90 Å². The fraction of sp³-hybridized carbons (Fsp3) is 0.462. The number of hydrogen-bond donors (Lipinski definition) is 1. The Morgan fingerprint density at radius 1 is 1.50 bits per heavy atom. The summed E-state index contributed by atoms with van der Waals surface area (Å²) >= 11 is 1.39. The minimum Gasteiger partial charge on any atom is -0.462 e. The number of carbonyl (C=O) groups excluding carboxylic acids is 1. The Morgan fingerprint density at radius 2 is 2.17 bits per heavy atom. The number of anilines is 1. The number of ether oxygens (including phenoxy) is 1. The molecule has 0 bridgehead atoms. The van der Waals surface area contributed by atoms with Crippen molar-refractivity contribution in [1.82, 2.24) is 0 Å². The monoisotopic (exact) mass is 271 g/mol. The molecule has 0 saturated carbocycles. The van der Waals surface area contributed by atoms with Crippen LogP contribution in [-0.2, 0) is 4.74 Å². The van der Waals surface area contributed by atoms with Gasteiger partial charge in [-0.2, -0.15) is 0 Å². The Morgan fingerprint density at radius 3 is 2.72 bits per heavy atom. The van der Waals surface area contributed by atoms with Crippen molar-refractivity contribution in [3.05, 3.63) is 23.5 Å². The van der Waals surface area contributed by atoms with E-state index in [1.807, 2.05) is 13.8 Å². The third kappa shape index (κ3) is 3.63. The fourth-order valence-electron chi connectivity index (χ4n) is 1.34. The lowest BCUT2D eigenvalue weighted by atomic mass is 10.2. The molecule has 0 aromatic heterocycles. The molecule has 3 nitrogen and oxygen atoms in total. The van der Waals surface area contributed by atoms with Crippen molar-refractivity contribution in [3.8, 4) is 0 Å². The lowest BCUT2D eigenvalue weighted by Gasteiger charge is -2.12. The summed E-state index contributed by atoms with van der Waals surface area (Å²) in [5.74, 6) is -0.910. The molecule has 0 fully saturated rings. The van der Waals surface area contributed by atoms with Gasteiger partial charge in [-0.15, -0.1) is 11.8 Å². The highest BCUT2D eigenvalue weighted by Gasteiger charge is 2.16. The van der Waals surface area contributed by atoms with E-state index in [1.165, 1.54) is 23.9 Å². The van der Waals surface area contributed by atoms with Gasteiger partial charge in [0.2, 0.25) is 0 Å². The van der Waals surface area contributed by atoms with Gasteiger partial charge < -0.3 is 10.5 Å². The van der Waals surface area contributed by atoms with Gasteiger partial charge in [-0.3, -0.25) is 0 Å². The molecule has 0 aliphatic heterocycles. The lowest BCUT2D eigenvalue weighted by Crippen LogP contribution is -2.09. The molecule has 0 saturated heterocycles. The summed E-state index contributed by atoms with van der Waals surface area (Å²) in [6.07, 6.45) is 0.920. The minimum atomic E-state index is -0.513. The second-order valence-corrected chi connectivity index (χ2v) is 5.41. The first-order chi connectivity index (χ1) is 8.49. The molecule has 18 heavy (non-hydrogen) atoms. The molecule has 1 unspecified atom stereocenters. The van der Waals surface area contributed by atoms with E-state index in [-0.39, 0.29) is 23.1 Å². The molecule has 0 aliphatic carbocycles. The molecule has 0 aliphatic rings. The number of hydrogen-bond acceptors (Lipinski definition) is 4. The number of halogens is 1. The average Bonchev–Trinajstić information content (AvgIpc) is 2.32. The Labute approximate surface area is 111 Å². The van der Waals surface area contributed by atoms with Crippen LogP contribution >= 0.6 is 11.8 Å². The Balaban J connectivity index is 3.05. The molecule has 0 heterocycles. The second kappa shape index (κ2) is 6.64. The van der Waals surface area contributed by atoms with Crippen molar-refractivity contribution >= 4 is 23.4 Å². The van der Waals surface area contributed by atoms with Gasteiger partial charge in [-0.05, 0) is 25.5 Å². The Hall–Kier alpha value is -1.23. The van der Waals surface area contributed by atoms with Gasteiger partial charge in [-0.25, -0.2) is 9.18 Å². The molecule has 1 aromatic rings. The van der Waals surface area contributed by atoms with Gasteiger partial charge in [0.05, 0.1) is 12.2 Å². The maximum absolute atomic E-state index is 13.7. The Bertz CT molecular complexity index is 437. The predicted molar refractivity (Wildman–Crippen MR) is 72.4 cm³/mol. The maximum Gasteiger partial charge on any atom is 0.340 e. The van der Waals surface area contributed by atoms with E-state index in [0.717, 1.165) is 6.42 Å². The summed E-state index contributed by atoms with van der Waals surface area (Å²) in [5.41, 5.74) is 5.97. The SMILES string of the molecule is CCOC(=O)c1cc(SC(C)CC)c(F)cc1N. The van der Waals surface area contributed by atoms with E-state index < -0.39 is 11.8 Å². The number of carbonyl (C=O) groups is 1. The van der Waals surface area contributed by atoms with E-state index in [4.69, 9.17) is 10.5 Å². The summed E-state index contributed by atoms with van der Waals surface area (Å²) < 4.78 is 18.6. The first kappa shape index (κ1) is 14.8. The first-order valence-electron chi connectivity index (χ1n) is 5.92.